The third-order valence-corrected chi connectivity index (χ3v) is 9.36. The summed E-state index contributed by atoms with van der Waals surface area (Å²) in [6.07, 6.45) is 5.35. The predicted octanol–water partition coefficient (Wildman–Crippen LogP) is 8.32. The van der Waals surface area contributed by atoms with E-state index < -0.39 is 0 Å². The molecule has 1 fully saturated rings. The van der Waals surface area contributed by atoms with E-state index in [0.717, 1.165) is 54.4 Å². The number of benzene rings is 3. The quantitative estimate of drug-likeness (QED) is 0.340. The maximum absolute atomic E-state index is 10.7. The first-order chi connectivity index (χ1) is 17.0. The summed E-state index contributed by atoms with van der Waals surface area (Å²) in [5.41, 5.74) is 9.91. The lowest BCUT2D eigenvalue weighted by molar-refractivity contribution is 0.230. The highest BCUT2D eigenvalue weighted by Gasteiger charge is 2.43. The number of hydrogen-bond donors (Lipinski definition) is 3. The fourth-order valence-corrected chi connectivity index (χ4v) is 6.91. The van der Waals surface area contributed by atoms with Crippen molar-refractivity contribution < 1.29 is 15.3 Å². The minimum atomic E-state index is -0.162. The zero-order valence-corrected chi connectivity index (χ0v) is 23.0. The molecule has 1 aliphatic rings. The second-order valence-corrected chi connectivity index (χ2v) is 11.2. The summed E-state index contributed by atoms with van der Waals surface area (Å²) in [7, 11) is 0. The average molecular weight is 487 g/mol. The van der Waals surface area contributed by atoms with Gasteiger partial charge in [-0.15, -0.1) is 0 Å². The molecule has 192 valence electrons. The van der Waals surface area contributed by atoms with E-state index in [-0.39, 0.29) is 5.41 Å². The van der Waals surface area contributed by atoms with Gasteiger partial charge < -0.3 is 15.3 Å². The Bertz CT molecular complexity index is 1200. The molecule has 3 aromatic carbocycles. The molecule has 36 heavy (non-hydrogen) atoms. The monoisotopic (exact) mass is 486 g/mol. The summed E-state index contributed by atoms with van der Waals surface area (Å²) in [6.45, 7) is 14.6. The van der Waals surface area contributed by atoms with E-state index in [1.807, 2.05) is 39.8 Å². The highest BCUT2D eigenvalue weighted by atomic mass is 16.3. The molecule has 3 aromatic rings. The van der Waals surface area contributed by atoms with E-state index in [2.05, 4.69) is 45.0 Å². The molecule has 0 aromatic heterocycles. The first kappa shape index (κ1) is 26.1. The molecule has 1 unspecified atom stereocenters. The van der Waals surface area contributed by atoms with E-state index in [0.29, 0.717) is 29.1 Å². The Morgan fingerprint density at radius 1 is 0.722 bits per heavy atom. The SMILES string of the molecule is CCC(c1ccc(O)cc1)C1CCC(c2cc(C)c(O)c(C)c2C)(c2cc(C)c(O)c(C)c2C)CC1. The number of rotatable bonds is 5. The van der Waals surface area contributed by atoms with Crippen molar-refractivity contribution in [2.75, 3.05) is 0 Å². The fraction of sp³-hybridized carbons (Fsp3) is 0.455. The van der Waals surface area contributed by atoms with Crippen molar-refractivity contribution in [1.29, 1.82) is 0 Å². The van der Waals surface area contributed by atoms with Crippen LogP contribution in [-0.4, -0.2) is 15.3 Å². The summed E-state index contributed by atoms with van der Waals surface area (Å²) >= 11 is 0. The van der Waals surface area contributed by atoms with Gasteiger partial charge in [-0.3, -0.25) is 0 Å². The lowest BCUT2D eigenvalue weighted by Crippen LogP contribution is -2.36. The largest absolute Gasteiger partial charge is 0.508 e. The molecule has 0 spiro atoms. The fourth-order valence-electron chi connectivity index (χ4n) is 6.91. The molecular weight excluding hydrogens is 444 g/mol. The van der Waals surface area contributed by atoms with Crippen LogP contribution in [0.3, 0.4) is 0 Å². The van der Waals surface area contributed by atoms with Gasteiger partial charge in [0.25, 0.3) is 0 Å². The van der Waals surface area contributed by atoms with Crippen molar-refractivity contribution in [1.82, 2.24) is 0 Å². The zero-order valence-electron chi connectivity index (χ0n) is 23.0. The highest BCUT2D eigenvalue weighted by Crippen LogP contribution is 2.53. The van der Waals surface area contributed by atoms with Crippen molar-refractivity contribution in [3.63, 3.8) is 0 Å². The van der Waals surface area contributed by atoms with Crippen LogP contribution in [0.15, 0.2) is 36.4 Å². The minimum absolute atomic E-state index is 0.162. The lowest BCUT2D eigenvalue weighted by Gasteiger charge is -2.45. The van der Waals surface area contributed by atoms with E-state index >= 15 is 0 Å². The highest BCUT2D eigenvalue weighted by molar-refractivity contribution is 5.58. The second kappa shape index (κ2) is 9.84. The molecule has 1 atom stereocenters. The molecule has 4 rings (SSSR count). The summed E-state index contributed by atoms with van der Waals surface area (Å²) in [6, 6.07) is 12.2. The smallest absolute Gasteiger partial charge is 0.121 e. The maximum atomic E-state index is 10.7. The van der Waals surface area contributed by atoms with Crippen molar-refractivity contribution in [2.45, 2.75) is 91.9 Å². The van der Waals surface area contributed by atoms with Gasteiger partial charge in [0.1, 0.15) is 17.2 Å². The molecule has 0 saturated heterocycles. The van der Waals surface area contributed by atoms with Gasteiger partial charge in [0.2, 0.25) is 0 Å². The molecule has 3 N–H and O–H groups in total. The van der Waals surface area contributed by atoms with Crippen LogP contribution in [-0.2, 0) is 5.41 Å². The van der Waals surface area contributed by atoms with E-state index in [4.69, 9.17) is 0 Å². The van der Waals surface area contributed by atoms with Gasteiger partial charge in [-0.25, -0.2) is 0 Å². The molecule has 3 nitrogen and oxygen atoms in total. The number of aryl methyl sites for hydroxylation is 2. The van der Waals surface area contributed by atoms with Crippen LogP contribution in [0.2, 0.25) is 0 Å². The topological polar surface area (TPSA) is 60.7 Å². The number of aromatic hydroxyl groups is 3. The molecule has 3 heteroatoms. The van der Waals surface area contributed by atoms with Crippen molar-refractivity contribution in [3.8, 4) is 17.2 Å². The molecule has 1 aliphatic carbocycles. The molecule has 0 heterocycles. The van der Waals surface area contributed by atoms with E-state index in [9.17, 15) is 15.3 Å². The molecule has 0 aliphatic heterocycles. The van der Waals surface area contributed by atoms with Crippen LogP contribution in [0, 0.1) is 47.5 Å². The molecular formula is C33H42O3. The van der Waals surface area contributed by atoms with Crippen LogP contribution in [0.4, 0.5) is 0 Å². The Balaban J connectivity index is 1.83. The average Bonchev–Trinajstić information content (AvgIpc) is 2.88. The van der Waals surface area contributed by atoms with Gasteiger partial charge in [-0.1, -0.05) is 31.2 Å². The Kier molecular flexibility index (Phi) is 7.14. The van der Waals surface area contributed by atoms with Crippen molar-refractivity contribution in [3.05, 3.63) is 86.5 Å². The Hall–Kier alpha value is -2.94. The molecule has 0 radical (unpaired) electrons. The zero-order chi connectivity index (χ0) is 26.4. The third-order valence-electron chi connectivity index (χ3n) is 9.36. The minimum Gasteiger partial charge on any atom is -0.508 e. The first-order valence-electron chi connectivity index (χ1n) is 13.4. The number of phenols is 3. The second-order valence-electron chi connectivity index (χ2n) is 11.2. The Labute approximate surface area is 216 Å². The maximum Gasteiger partial charge on any atom is 0.121 e. The van der Waals surface area contributed by atoms with Gasteiger partial charge in [-0.2, -0.15) is 0 Å². The molecule has 1 saturated carbocycles. The lowest BCUT2D eigenvalue weighted by atomic mass is 9.58. The Morgan fingerprint density at radius 3 is 1.58 bits per heavy atom. The van der Waals surface area contributed by atoms with Gasteiger partial charge in [0, 0.05) is 5.41 Å². The van der Waals surface area contributed by atoms with Crippen LogP contribution in [0.1, 0.15) is 95.0 Å². The van der Waals surface area contributed by atoms with Crippen molar-refractivity contribution in [2.24, 2.45) is 5.92 Å². The van der Waals surface area contributed by atoms with Gasteiger partial charge in [-0.05, 0) is 148 Å². The summed E-state index contributed by atoms with van der Waals surface area (Å²) in [4.78, 5) is 0. The first-order valence-corrected chi connectivity index (χ1v) is 13.4. The van der Waals surface area contributed by atoms with Crippen LogP contribution in [0.5, 0.6) is 17.2 Å². The molecule has 0 amide bonds. The standard InChI is InChI=1S/C33H42O3/c1-8-28(25-9-11-27(34)12-10-25)26-13-15-33(16-14-26,29-17-19(2)31(35)23(6)21(29)4)30-18-20(3)32(36)24(7)22(30)5/h9-12,17-18,26,28,34-36H,8,13-16H2,1-7H3. The summed E-state index contributed by atoms with van der Waals surface area (Å²) in [5, 5.41) is 31.2. The van der Waals surface area contributed by atoms with Crippen LogP contribution in [0.25, 0.3) is 0 Å². The van der Waals surface area contributed by atoms with Crippen LogP contribution >= 0.6 is 0 Å². The van der Waals surface area contributed by atoms with Gasteiger partial charge in [0.15, 0.2) is 0 Å². The van der Waals surface area contributed by atoms with Gasteiger partial charge >= 0.3 is 0 Å². The van der Waals surface area contributed by atoms with Crippen LogP contribution < -0.4 is 0 Å². The van der Waals surface area contributed by atoms with Gasteiger partial charge in [0.05, 0.1) is 0 Å². The summed E-state index contributed by atoms with van der Waals surface area (Å²) < 4.78 is 0. The third kappa shape index (κ3) is 4.27. The number of phenolic OH excluding ortho intramolecular Hbond substituents is 3. The van der Waals surface area contributed by atoms with E-state index in [1.54, 1.807) is 0 Å². The van der Waals surface area contributed by atoms with Crippen molar-refractivity contribution >= 4 is 0 Å². The predicted molar refractivity (Wildman–Crippen MR) is 149 cm³/mol. The Morgan fingerprint density at radius 2 is 1.17 bits per heavy atom. The molecule has 0 bridgehead atoms. The van der Waals surface area contributed by atoms with E-state index in [1.165, 1.54) is 27.8 Å². The summed E-state index contributed by atoms with van der Waals surface area (Å²) in [5.74, 6) is 2.16. The number of hydrogen-bond acceptors (Lipinski definition) is 3. The normalized spacial score (nSPS) is 16.8.